The van der Waals surface area contributed by atoms with E-state index in [1.165, 1.54) is 18.4 Å². The zero-order valence-electron chi connectivity index (χ0n) is 11.0. The number of allylic oxidation sites excluding steroid dienone is 1. The number of rotatable bonds is 5. The molecule has 0 aliphatic carbocycles. The Balaban J connectivity index is 2.80. The minimum atomic E-state index is 0.551. The van der Waals surface area contributed by atoms with Crippen LogP contribution in [0.2, 0.25) is 0 Å². The molecule has 0 aromatic heterocycles. The Hall–Kier alpha value is -0.600. The lowest BCUT2D eigenvalue weighted by Gasteiger charge is -2.41. The third-order valence-electron chi connectivity index (χ3n) is 3.61. The fourth-order valence-electron chi connectivity index (χ4n) is 2.67. The SMILES string of the molecule is C=C/C(=C\C)C(CC)N1CCNCC1CC. The molecule has 2 nitrogen and oxygen atoms in total. The molecule has 0 aromatic rings. The first-order valence-corrected chi connectivity index (χ1v) is 6.53. The van der Waals surface area contributed by atoms with E-state index in [9.17, 15) is 0 Å². The summed E-state index contributed by atoms with van der Waals surface area (Å²) in [4.78, 5) is 2.65. The normalized spacial score (nSPS) is 25.4. The molecule has 0 spiro atoms. The number of nitrogens with zero attached hydrogens (tertiary/aromatic N) is 1. The summed E-state index contributed by atoms with van der Waals surface area (Å²) in [6.07, 6.45) is 6.61. The van der Waals surface area contributed by atoms with E-state index in [0.29, 0.717) is 12.1 Å². The molecule has 0 bridgehead atoms. The number of hydrogen-bond acceptors (Lipinski definition) is 2. The van der Waals surface area contributed by atoms with Gasteiger partial charge in [-0.25, -0.2) is 0 Å². The van der Waals surface area contributed by atoms with Crippen LogP contribution in [0.4, 0.5) is 0 Å². The first-order valence-electron chi connectivity index (χ1n) is 6.53. The maximum atomic E-state index is 3.94. The molecule has 0 saturated carbocycles. The Morgan fingerprint density at radius 3 is 2.81 bits per heavy atom. The van der Waals surface area contributed by atoms with Crippen molar-refractivity contribution in [2.75, 3.05) is 19.6 Å². The first kappa shape index (κ1) is 13.5. The average molecular weight is 222 g/mol. The number of piperazine rings is 1. The van der Waals surface area contributed by atoms with Gasteiger partial charge in [0.1, 0.15) is 0 Å². The van der Waals surface area contributed by atoms with Crippen LogP contribution in [-0.4, -0.2) is 36.6 Å². The zero-order chi connectivity index (χ0) is 12.0. The van der Waals surface area contributed by atoms with Crippen LogP contribution >= 0.6 is 0 Å². The van der Waals surface area contributed by atoms with Gasteiger partial charge in [0.15, 0.2) is 0 Å². The summed E-state index contributed by atoms with van der Waals surface area (Å²) in [6, 6.07) is 1.23. The fraction of sp³-hybridized carbons (Fsp3) is 0.714. The monoisotopic (exact) mass is 222 g/mol. The minimum Gasteiger partial charge on any atom is -0.314 e. The van der Waals surface area contributed by atoms with Crippen LogP contribution in [0, 0.1) is 0 Å². The highest BCUT2D eigenvalue weighted by Gasteiger charge is 2.27. The lowest BCUT2D eigenvalue weighted by molar-refractivity contribution is 0.119. The summed E-state index contributed by atoms with van der Waals surface area (Å²) in [5, 5.41) is 3.48. The Kier molecular flexibility index (Phi) is 5.78. The van der Waals surface area contributed by atoms with Crippen LogP contribution in [-0.2, 0) is 0 Å². The largest absolute Gasteiger partial charge is 0.314 e. The van der Waals surface area contributed by atoms with Gasteiger partial charge in [-0.3, -0.25) is 4.90 Å². The van der Waals surface area contributed by atoms with Gasteiger partial charge < -0.3 is 5.32 Å². The Morgan fingerprint density at radius 1 is 1.56 bits per heavy atom. The summed E-state index contributed by atoms with van der Waals surface area (Å²) >= 11 is 0. The van der Waals surface area contributed by atoms with Crippen molar-refractivity contribution in [1.82, 2.24) is 10.2 Å². The lowest BCUT2D eigenvalue weighted by Crippen LogP contribution is -2.55. The second-order valence-corrected chi connectivity index (χ2v) is 4.42. The third kappa shape index (κ3) is 2.96. The van der Waals surface area contributed by atoms with Gasteiger partial charge in [0.25, 0.3) is 0 Å². The number of hydrogen-bond donors (Lipinski definition) is 1. The van der Waals surface area contributed by atoms with Gasteiger partial charge in [0.2, 0.25) is 0 Å². The van der Waals surface area contributed by atoms with Crippen molar-refractivity contribution in [3.05, 3.63) is 24.3 Å². The highest BCUT2D eigenvalue weighted by molar-refractivity contribution is 5.22. The van der Waals surface area contributed by atoms with E-state index in [1.54, 1.807) is 0 Å². The van der Waals surface area contributed by atoms with E-state index in [0.717, 1.165) is 19.6 Å². The molecule has 2 unspecified atom stereocenters. The maximum absolute atomic E-state index is 3.94. The molecular formula is C14H26N2. The van der Waals surface area contributed by atoms with Gasteiger partial charge in [-0.1, -0.05) is 32.6 Å². The highest BCUT2D eigenvalue weighted by atomic mass is 15.2. The molecule has 92 valence electrons. The highest BCUT2D eigenvalue weighted by Crippen LogP contribution is 2.20. The summed E-state index contributed by atoms with van der Waals surface area (Å²) in [5.74, 6) is 0. The summed E-state index contributed by atoms with van der Waals surface area (Å²) in [7, 11) is 0. The molecule has 1 aliphatic heterocycles. The van der Waals surface area contributed by atoms with Crippen LogP contribution in [0.3, 0.4) is 0 Å². The Bertz CT molecular complexity index is 245. The van der Waals surface area contributed by atoms with Gasteiger partial charge in [-0.05, 0) is 25.3 Å². The van der Waals surface area contributed by atoms with E-state index in [4.69, 9.17) is 0 Å². The van der Waals surface area contributed by atoms with Crippen LogP contribution in [0.1, 0.15) is 33.6 Å². The van der Waals surface area contributed by atoms with Crippen LogP contribution in [0.15, 0.2) is 24.3 Å². The fourth-order valence-corrected chi connectivity index (χ4v) is 2.67. The molecule has 0 radical (unpaired) electrons. The summed E-state index contributed by atoms with van der Waals surface area (Å²) in [6.45, 7) is 14.0. The van der Waals surface area contributed by atoms with Crippen molar-refractivity contribution in [3.63, 3.8) is 0 Å². The molecule has 1 aliphatic rings. The molecule has 0 aromatic carbocycles. The lowest BCUT2D eigenvalue weighted by atomic mass is 9.98. The zero-order valence-corrected chi connectivity index (χ0v) is 11.0. The van der Waals surface area contributed by atoms with Gasteiger partial charge >= 0.3 is 0 Å². The minimum absolute atomic E-state index is 0.551. The van der Waals surface area contributed by atoms with Crippen molar-refractivity contribution in [2.45, 2.75) is 45.7 Å². The van der Waals surface area contributed by atoms with Crippen molar-refractivity contribution in [1.29, 1.82) is 0 Å². The number of nitrogens with one attached hydrogen (secondary N) is 1. The van der Waals surface area contributed by atoms with Crippen LogP contribution < -0.4 is 5.32 Å². The molecule has 16 heavy (non-hydrogen) atoms. The first-order chi connectivity index (χ1) is 7.78. The Labute approximate surface area is 100 Å². The van der Waals surface area contributed by atoms with Crippen LogP contribution in [0.25, 0.3) is 0 Å². The predicted octanol–water partition coefficient (Wildman–Crippen LogP) is 2.58. The van der Waals surface area contributed by atoms with E-state index in [2.05, 4.69) is 43.6 Å². The molecule has 1 N–H and O–H groups in total. The third-order valence-corrected chi connectivity index (χ3v) is 3.61. The van der Waals surface area contributed by atoms with Crippen molar-refractivity contribution in [3.8, 4) is 0 Å². The van der Waals surface area contributed by atoms with E-state index in [1.807, 2.05) is 6.08 Å². The van der Waals surface area contributed by atoms with Crippen molar-refractivity contribution >= 4 is 0 Å². The molecule has 2 heteroatoms. The molecular weight excluding hydrogens is 196 g/mol. The summed E-state index contributed by atoms with van der Waals surface area (Å²) in [5.41, 5.74) is 1.38. The van der Waals surface area contributed by atoms with E-state index < -0.39 is 0 Å². The second kappa shape index (κ2) is 6.87. The molecule has 1 saturated heterocycles. The van der Waals surface area contributed by atoms with Crippen molar-refractivity contribution in [2.24, 2.45) is 0 Å². The quantitative estimate of drug-likeness (QED) is 0.719. The summed E-state index contributed by atoms with van der Waals surface area (Å²) < 4.78 is 0. The predicted molar refractivity (Wildman–Crippen MR) is 71.7 cm³/mol. The molecule has 1 heterocycles. The maximum Gasteiger partial charge on any atom is 0.0346 e. The second-order valence-electron chi connectivity index (χ2n) is 4.42. The van der Waals surface area contributed by atoms with E-state index in [-0.39, 0.29) is 0 Å². The molecule has 1 rings (SSSR count). The van der Waals surface area contributed by atoms with E-state index >= 15 is 0 Å². The standard InChI is InChI=1S/C14H26N2/c1-5-12(6-2)14(8-4)16-10-9-15-11-13(16)7-3/h5-6,13-15H,1,7-11H2,2-4H3/b12-6+. The van der Waals surface area contributed by atoms with Crippen LogP contribution in [0.5, 0.6) is 0 Å². The molecule has 1 fully saturated rings. The smallest absolute Gasteiger partial charge is 0.0346 e. The van der Waals surface area contributed by atoms with Gasteiger partial charge in [-0.2, -0.15) is 0 Å². The molecule has 0 amide bonds. The Morgan fingerprint density at radius 2 is 2.31 bits per heavy atom. The average Bonchev–Trinajstić information content (AvgIpc) is 2.35. The topological polar surface area (TPSA) is 15.3 Å². The van der Waals surface area contributed by atoms with Gasteiger partial charge in [0.05, 0.1) is 0 Å². The van der Waals surface area contributed by atoms with Crippen molar-refractivity contribution < 1.29 is 0 Å². The van der Waals surface area contributed by atoms with Gasteiger partial charge in [0, 0.05) is 31.7 Å². The van der Waals surface area contributed by atoms with Gasteiger partial charge in [-0.15, -0.1) is 0 Å². The molecule has 2 atom stereocenters.